The van der Waals surface area contributed by atoms with Gasteiger partial charge in [0.25, 0.3) is 0 Å². The number of aliphatic hydroxyl groups excluding tert-OH is 1. The van der Waals surface area contributed by atoms with Gasteiger partial charge in [-0.25, -0.2) is 0 Å². The summed E-state index contributed by atoms with van der Waals surface area (Å²) >= 11 is 1.59. The lowest BCUT2D eigenvalue weighted by Gasteiger charge is -2.41. The number of hydrogen-bond donors (Lipinski definition) is 1. The van der Waals surface area contributed by atoms with Crippen molar-refractivity contribution in [1.82, 2.24) is 14.7 Å². The van der Waals surface area contributed by atoms with E-state index < -0.39 is 28.7 Å². The SMILES string of the molecule is CC[C@H](C)[C@H](CO)N1C(=O)[C@@H]2[C@@H]3C(=O)N(C)CC=C[C@@H]3S[C@@]23C=CCN(C(C)C)C(=O)C13. The fourth-order valence-electron chi connectivity index (χ4n) is 5.86. The molecule has 3 amide bonds. The van der Waals surface area contributed by atoms with Crippen LogP contribution in [0.2, 0.25) is 0 Å². The summed E-state index contributed by atoms with van der Waals surface area (Å²) in [5.74, 6) is -1.40. The van der Waals surface area contributed by atoms with Gasteiger partial charge in [-0.1, -0.05) is 44.6 Å². The van der Waals surface area contributed by atoms with Crippen LogP contribution in [0.15, 0.2) is 24.3 Å². The number of aliphatic hydroxyl groups is 1. The zero-order valence-electron chi connectivity index (χ0n) is 19.6. The monoisotopic (exact) mass is 461 g/mol. The van der Waals surface area contributed by atoms with Gasteiger partial charge in [-0.3, -0.25) is 14.4 Å². The maximum Gasteiger partial charge on any atom is 0.247 e. The molecule has 0 bridgehead atoms. The van der Waals surface area contributed by atoms with Crippen molar-refractivity contribution in [2.24, 2.45) is 17.8 Å². The van der Waals surface area contributed by atoms with E-state index in [1.807, 2.05) is 56.9 Å². The number of likely N-dealkylation sites (N-methyl/N-ethyl adjacent to an activating group) is 1. The smallest absolute Gasteiger partial charge is 0.247 e. The molecule has 4 rings (SSSR count). The van der Waals surface area contributed by atoms with Crippen molar-refractivity contribution >= 4 is 29.5 Å². The average molecular weight is 462 g/mol. The molecular formula is C24H35N3O4S. The molecule has 4 aliphatic heterocycles. The van der Waals surface area contributed by atoms with Crippen molar-refractivity contribution in [3.8, 4) is 0 Å². The first kappa shape index (κ1) is 23.4. The molecule has 2 saturated heterocycles. The van der Waals surface area contributed by atoms with E-state index in [1.165, 1.54) is 0 Å². The van der Waals surface area contributed by atoms with E-state index >= 15 is 0 Å². The largest absolute Gasteiger partial charge is 0.394 e. The van der Waals surface area contributed by atoms with Crippen LogP contribution in [0.4, 0.5) is 0 Å². The van der Waals surface area contributed by atoms with Crippen molar-refractivity contribution in [2.75, 3.05) is 26.7 Å². The second kappa shape index (κ2) is 8.52. The molecule has 1 N–H and O–H groups in total. The molecule has 0 aromatic rings. The third-order valence-corrected chi connectivity index (χ3v) is 9.54. The Hall–Kier alpha value is -1.80. The van der Waals surface area contributed by atoms with Gasteiger partial charge >= 0.3 is 0 Å². The Kier molecular flexibility index (Phi) is 6.22. The molecule has 0 aliphatic carbocycles. The highest BCUT2D eigenvalue weighted by Gasteiger charge is 2.71. The fourth-order valence-corrected chi connectivity index (χ4v) is 7.85. The lowest BCUT2D eigenvalue weighted by atomic mass is 9.78. The molecule has 2 fully saturated rings. The lowest BCUT2D eigenvalue weighted by molar-refractivity contribution is -0.148. The van der Waals surface area contributed by atoms with Crippen LogP contribution in [-0.4, -0.2) is 92.4 Å². The summed E-state index contributed by atoms with van der Waals surface area (Å²) in [5.41, 5.74) is 0. The number of thioether (sulfide) groups is 1. The molecule has 1 unspecified atom stereocenters. The normalized spacial score (nSPS) is 36.2. The van der Waals surface area contributed by atoms with Crippen LogP contribution in [0.5, 0.6) is 0 Å². The van der Waals surface area contributed by atoms with Crippen LogP contribution in [0, 0.1) is 17.8 Å². The Bertz CT molecular complexity index is 858. The summed E-state index contributed by atoms with van der Waals surface area (Å²) in [7, 11) is 1.77. The quantitative estimate of drug-likeness (QED) is 0.628. The predicted octanol–water partition coefficient (Wildman–Crippen LogP) is 1.53. The number of nitrogens with zero attached hydrogens (tertiary/aromatic N) is 3. The summed E-state index contributed by atoms with van der Waals surface area (Å²) in [4.78, 5) is 46.7. The van der Waals surface area contributed by atoms with Crippen molar-refractivity contribution in [2.45, 2.75) is 62.2 Å². The number of fused-ring (bicyclic) bond motifs is 2. The second-order valence-electron chi connectivity index (χ2n) is 9.86. The number of carbonyl (C=O) groups is 3. The van der Waals surface area contributed by atoms with Gasteiger partial charge in [-0.05, 0) is 19.8 Å². The van der Waals surface area contributed by atoms with Gasteiger partial charge in [0.2, 0.25) is 17.7 Å². The first-order valence-electron chi connectivity index (χ1n) is 11.7. The number of rotatable bonds is 5. The molecule has 32 heavy (non-hydrogen) atoms. The van der Waals surface area contributed by atoms with Crippen LogP contribution in [0.25, 0.3) is 0 Å². The molecule has 4 heterocycles. The molecule has 0 aromatic heterocycles. The Morgan fingerprint density at radius 3 is 2.47 bits per heavy atom. The molecule has 7 nitrogen and oxygen atoms in total. The Balaban J connectivity index is 1.89. The van der Waals surface area contributed by atoms with E-state index in [9.17, 15) is 19.5 Å². The van der Waals surface area contributed by atoms with Crippen molar-refractivity contribution in [1.29, 1.82) is 0 Å². The topological polar surface area (TPSA) is 81.2 Å². The van der Waals surface area contributed by atoms with Gasteiger partial charge < -0.3 is 19.8 Å². The van der Waals surface area contributed by atoms with Gasteiger partial charge in [0.15, 0.2) is 0 Å². The summed E-state index contributed by atoms with van der Waals surface area (Å²) in [6.07, 6.45) is 8.84. The fraction of sp³-hybridized carbons (Fsp3) is 0.708. The van der Waals surface area contributed by atoms with Crippen LogP contribution in [0.3, 0.4) is 0 Å². The third-order valence-electron chi connectivity index (χ3n) is 7.80. The predicted molar refractivity (Wildman–Crippen MR) is 125 cm³/mol. The minimum atomic E-state index is -0.813. The van der Waals surface area contributed by atoms with Crippen molar-refractivity contribution in [3.05, 3.63) is 24.3 Å². The van der Waals surface area contributed by atoms with E-state index in [-0.39, 0.29) is 41.5 Å². The van der Waals surface area contributed by atoms with Gasteiger partial charge in [-0.2, -0.15) is 0 Å². The first-order chi connectivity index (χ1) is 15.2. The molecule has 0 saturated carbocycles. The standard InChI is InChI=1S/C24H35N3O4S/c1-6-15(4)16(13-28)27-20-23(31)26(14(2)3)12-8-10-24(20)19(22(27)30)18-17(32-24)9-7-11-25(5)21(18)29/h7-10,14-20,28H,6,11-13H2,1-5H3/t15-,16-,17-,18+,19-,20?,24-/m0/s1. The maximum absolute atomic E-state index is 14.1. The highest BCUT2D eigenvalue weighted by Crippen LogP contribution is 2.61. The summed E-state index contributed by atoms with van der Waals surface area (Å²) in [6.45, 7) is 8.80. The van der Waals surface area contributed by atoms with E-state index in [2.05, 4.69) is 0 Å². The summed E-state index contributed by atoms with van der Waals surface area (Å²) in [6, 6.07) is -1.20. The second-order valence-corrected chi connectivity index (χ2v) is 11.3. The van der Waals surface area contributed by atoms with Crippen LogP contribution >= 0.6 is 11.8 Å². The van der Waals surface area contributed by atoms with E-state index in [0.717, 1.165) is 6.42 Å². The third kappa shape index (κ3) is 3.24. The van der Waals surface area contributed by atoms with Crippen LogP contribution in [-0.2, 0) is 14.4 Å². The Labute approximate surface area is 194 Å². The van der Waals surface area contributed by atoms with E-state index in [1.54, 1.807) is 28.6 Å². The minimum Gasteiger partial charge on any atom is -0.394 e. The Morgan fingerprint density at radius 1 is 1.12 bits per heavy atom. The highest BCUT2D eigenvalue weighted by molar-refractivity contribution is 8.02. The highest BCUT2D eigenvalue weighted by atomic mass is 32.2. The zero-order chi connectivity index (χ0) is 23.4. The minimum absolute atomic E-state index is 0.0148. The molecule has 7 atom stereocenters. The van der Waals surface area contributed by atoms with Crippen molar-refractivity contribution in [3.63, 3.8) is 0 Å². The number of hydrogen-bond acceptors (Lipinski definition) is 5. The van der Waals surface area contributed by atoms with Gasteiger partial charge in [0.05, 0.1) is 29.2 Å². The molecule has 1 spiro atoms. The number of amides is 3. The first-order valence-corrected chi connectivity index (χ1v) is 12.6. The molecule has 0 radical (unpaired) electrons. The van der Waals surface area contributed by atoms with Gasteiger partial charge in [0.1, 0.15) is 6.04 Å². The number of likely N-dealkylation sites (tertiary alicyclic amines) is 1. The van der Waals surface area contributed by atoms with Crippen LogP contribution < -0.4 is 0 Å². The molecule has 8 heteroatoms. The molecular weight excluding hydrogens is 426 g/mol. The van der Waals surface area contributed by atoms with E-state index in [4.69, 9.17) is 0 Å². The van der Waals surface area contributed by atoms with Gasteiger partial charge in [-0.15, -0.1) is 11.8 Å². The van der Waals surface area contributed by atoms with E-state index in [0.29, 0.717) is 13.1 Å². The zero-order valence-corrected chi connectivity index (χ0v) is 20.4. The summed E-state index contributed by atoms with van der Waals surface area (Å²) < 4.78 is -0.813. The lowest BCUT2D eigenvalue weighted by Crippen LogP contribution is -2.58. The molecule has 176 valence electrons. The number of carbonyl (C=O) groups excluding carboxylic acids is 3. The summed E-state index contributed by atoms with van der Waals surface area (Å²) in [5, 5.41) is 10.2. The Morgan fingerprint density at radius 2 is 1.84 bits per heavy atom. The van der Waals surface area contributed by atoms with Gasteiger partial charge in [0, 0.05) is 31.4 Å². The maximum atomic E-state index is 14.1. The molecule has 0 aromatic carbocycles. The molecule has 4 aliphatic rings. The van der Waals surface area contributed by atoms with Crippen LogP contribution in [0.1, 0.15) is 34.1 Å². The average Bonchev–Trinajstić information content (AvgIpc) is 3.08. The van der Waals surface area contributed by atoms with Crippen molar-refractivity contribution < 1.29 is 19.5 Å².